The number of hydrogen-bond donors (Lipinski definition) is 0. The van der Waals surface area contributed by atoms with E-state index in [0.717, 1.165) is 0 Å². The summed E-state index contributed by atoms with van der Waals surface area (Å²) >= 11 is 0. The number of hydrogen-bond acceptors (Lipinski definition) is 2. The monoisotopic (exact) mass is 234 g/mol. The van der Waals surface area contributed by atoms with Gasteiger partial charge in [-0.25, -0.2) is 9.59 Å². The quantitative estimate of drug-likeness (QED) is 0.718. The van der Waals surface area contributed by atoms with Crippen LogP contribution in [0.15, 0.2) is 24.2 Å². The maximum Gasteiger partial charge on any atom is 0.334 e. The molecule has 0 saturated heterocycles. The maximum absolute atomic E-state index is 12.0. The molecule has 0 saturated carbocycles. The zero-order valence-electron chi connectivity index (χ0n) is 10.1. The van der Waals surface area contributed by atoms with Crippen LogP contribution in [0.4, 0.5) is 10.6 Å². The van der Waals surface area contributed by atoms with E-state index in [1.807, 2.05) is 0 Å². The minimum Gasteiger partial charge on any atom is -0.292 e. The van der Waals surface area contributed by atoms with Crippen molar-refractivity contribution in [2.24, 2.45) is 14.1 Å². The molecular formula is C11H14N4O2. The number of aromatic nitrogens is 2. The van der Waals surface area contributed by atoms with Gasteiger partial charge in [-0.3, -0.25) is 18.9 Å². The molecule has 0 bridgehead atoms. The van der Waals surface area contributed by atoms with Crippen molar-refractivity contribution in [1.29, 1.82) is 0 Å². The molecule has 2 rings (SSSR count). The molecule has 0 aromatic carbocycles. The van der Waals surface area contributed by atoms with Gasteiger partial charge in [-0.15, -0.1) is 0 Å². The first-order valence-corrected chi connectivity index (χ1v) is 5.06. The summed E-state index contributed by atoms with van der Waals surface area (Å²) in [4.78, 5) is 26.6. The van der Waals surface area contributed by atoms with Gasteiger partial charge in [0.25, 0.3) is 0 Å². The highest BCUT2D eigenvalue weighted by Crippen LogP contribution is 2.32. The predicted octanol–water partition coefficient (Wildman–Crippen LogP) is 0.710. The van der Waals surface area contributed by atoms with Crippen LogP contribution in [0.2, 0.25) is 0 Å². The van der Waals surface area contributed by atoms with Gasteiger partial charge in [-0.05, 0) is 0 Å². The van der Waals surface area contributed by atoms with Crippen LogP contribution in [0.25, 0.3) is 5.70 Å². The Kier molecular flexibility index (Phi) is 2.23. The van der Waals surface area contributed by atoms with E-state index in [4.69, 9.17) is 0 Å². The number of urea groups is 1. The summed E-state index contributed by atoms with van der Waals surface area (Å²) in [5.74, 6) is 0.547. The van der Waals surface area contributed by atoms with E-state index in [1.165, 1.54) is 25.1 Å². The van der Waals surface area contributed by atoms with Gasteiger partial charge in [0, 0.05) is 27.3 Å². The van der Waals surface area contributed by atoms with Crippen LogP contribution in [0.5, 0.6) is 0 Å². The van der Waals surface area contributed by atoms with E-state index < -0.39 is 0 Å². The van der Waals surface area contributed by atoms with E-state index in [1.54, 1.807) is 21.1 Å². The van der Waals surface area contributed by atoms with Crippen LogP contribution in [-0.2, 0) is 14.1 Å². The van der Waals surface area contributed by atoms with Gasteiger partial charge in [0.1, 0.15) is 11.5 Å². The average Bonchev–Trinajstić information content (AvgIpc) is 2.52. The van der Waals surface area contributed by atoms with E-state index in [-0.39, 0.29) is 11.7 Å². The van der Waals surface area contributed by atoms with Gasteiger partial charge in [0.15, 0.2) is 0 Å². The summed E-state index contributed by atoms with van der Waals surface area (Å²) in [6.45, 7) is 7.42. The van der Waals surface area contributed by atoms with Gasteiger partial charge in [-0.2, -0.15) is 0 Å². The summed E-state index contributed by atoms with van der Waals surface area (Å²) in [6, 6.07) is -0.279. The first kappa shape index (κ1) is 11.3. The van der Waals surface area contributed by atoms with Crippen molar-refractivity contribution in [3.8, 4) is 0 Å². The Morgan fingerprint density at radius 1 is 1.12 bits per heavy atom. The van der Waals surface area contributed by atoms with Crippen molar-refractivity contribution in [2.45, 2.75) is 0 Å². The molecule has 2 amide bonds. The summed E-state index contributed by atoms with van der Waals surface area (Å²) in [5, 5.41) is 0. The number of rotatable bonds is 1. The molecule has 0 aliphatic carbocycles. The van der Waals surface area contributed by atoms with E-state index in [2.05, 4.69) is 13.2 Å². The molecule has 17 heavy (non-hydrogen) atoms. The molecule has 0 atom stereocenters. The lowest BCUT2D eigenvalue weighted by atomic mass is 10.2. The number of carbonyl (C=O) groups excluding carboxylic acids is 1. The van der Waals surface area contributed by atoms with Crippen LogP contribution in [-0.4, -0.2) is 27.1 Å². The first-order valence-electron chi connectivity index (χ1n) is 5.06. The zero-order valence-corrected chi connectivity index (χ0v) is 10.1. The van der Waals surface area contributed by atoms with Gasteiger partial charge >= 0.3 is 11.7 Å². The number of nitrogens with zero attached hydrogens (tertiary/aromatic N) is 4. The van der Waals surface area contributed by atoms with E-state index >= 15 is 0 Å². The molecule has 0 fully saturated rings. The Morgan fingerprint density at radius 3 is 2.24 bits per heavy atom. The highest BCUT2D eigenvalue weighted by atomic mass is 16.2. The third kappa shape index (κ3) is 1.20. The van der Waals surface area contributed by atoms with Crippen molar-refractivity contribution < 1.29 is 4.79 Å². The number of carbonyl (C=O) groups is 1. The second kappa shape index (κ2) is 3.38. The average molecular weight is 234 g/mol. The lowest BCUT2D eigenvalue weighted by molar-refractivity contribution is 0.234. The molecule has 6 heteroatoms. The largest absolute Gasteiger partial charge is 0.334 e. The molecule has 0 spiro atoms. The van der Waals surface area contributed by atoms with Crippen LogP contribution < -0.4 is 10.6 Å². The Balaban J connectivity index is 2.82. The lowest BCUT2D eigenvalue weighted by Gasteiger charge is -2.32. The highest BCUT2D eigenvalue weighted by Gasteiger charge is 2.34. The Bertz CT molecular complexity index is 593. The topological polar surface area (TPSA) is 50.5 Å². The molecule has 0 radical (unpaired) electrons. The van der Waals surface area contributed by atoms with Crippen molar-refractivity contribution in [1.82, 2.24) is 14.0 Å². The highest BCUT2D eigenvalue weighted by molar-refractivity contribution is 6.03. The van der Waals surface area contributed by atoms with Gasteiger partial charge < -0.3 is 0 Å². The fourth-order valence-electron chi connectivity index (χ4n) is 2.10. The number of anilines is 1. The Morgan fingerprint density at radius 2 is 1.71 bits per heavy atom. The minimum atomic E-state index is -0.279. The third-order valence-electron chi connectivity index (χ3n) is 3.00. The molecule has 2 heterocycles. The predicted molar refractivity (Wildman–Crippen MR) is 65.5 cm³/mol. The molecule has 6 nitrogen and oxygen atoms in total. The minimum absolute atomic E-state index is 0.193. The van der Waals surface area contributed by atoms with Crippen molar-refractivity contribution >= 4 is 17.5 Å². The normalized spacial score (nSPS) is 15.2. The molecule has 0 N–H and O–H groups in total. The van der Waals surface area contributed by atoms with Crippen LogP contribution in [0.3, 0.4) is 0 Å². The van der Waals surface area contributed by atoms with Crippen molar-refractivity contribution in [3.05, 3.63) is 35.5 Å². The number of fused-ring (bicyclic) bond motifs is 1. The lowest BCUT2D eigenvalue weighted by Crippen LogP contribution is -2.42. The fraction of sp³-hybridized carbons (Fsp3) is 0.273. The van der Waals surface area contributed by atoms with Gasteiger partial charge in [0.05, 0.1) is 5.70 Å². The van der Waals surface area contributed by atoms with Crippen LogP contribution >= 0.6 is 0 Å². The van der Waals surface area contributed by atoms with Crippen LogP contribution in [0, 0.1) is 0 Å². The summed E-state index contributed by atoms with van der Waals surface area (Å²) in [7, 11) is 4.89. The molecule has 0 unspecified atom stereocenters. The van der Waals surface area contributed by atoms with E-state index in [9.17, 15) is 9.59 Å². The fourth-order valence-corrected chi connectivity index (χ4v) is 2.10. The second-order valence-corrected chi connectivity index (χ2v) is 3.91. The van der Waals surface area contributed by atoms with Crippen molar-refractivity contribution in [3.63, 3.8) is 0 Å². The zero-order chi connectivity index (χ0) is 12.9. The van der Waals surface area contributed by atoms with Crippen LogP contribution in [0.1, 0.15) is 5.69 Å². The van der Waals surface area contributed by atoms with Crippen molar-refractivity contribution in [2.75, 3.05) is 11.9 Å². The second-order valence-electron chi connectivity index (χ2n) is 3.91. The molecular weight excluding hydrogens is 220 g/mol. The molecule has 1 aromatic rings. The summed E-state index contributed by atoms with van der Waals surface area (Å²) < 4.78 is 2.90. The smallest absolute Gasteiger partial charge is 0.292 e. The number of amides is 2. The number of imidazole rings is 1. The molecule has 1 aliphatic heterocycles. The molecule has 90 valence electrons. The summed E-state index contributed by atoms with van der Waals surface area (Å²) in [5.41, 5.74) is 0.888. The SMILES string of the molecule is C=CN1C(=C)c2c(n(C)c(=O)n2C)N(C)C1=O. The van der Waals surface area contributed by atoms with E-state index in [0.29, 0.717) is 17.2 Å². The van der Waals surface area contributed by atoms with Gasteiger partial charge in [0.2, 0.25) is 0 Å². The maximum atomic E-state index is 12.0. The third-order valence-corrected chi connectivity index (χ3v) is 3.00. The molecule has 1 aliphatic rings. The standard InChI is InChI=1S/C11H14N4O2/c1-6-15-7(2)8-9(14(5)11(15)17)13(4)10(16)12(8)3/h6H,1-2H2,3-5H3. The summed E-state index contributed by atoms with van der Waals surface area (Å²) in [6.07, 6.45) is 1.39. The Labute approximate surface area is 98.7 Å². The Hall–Kier alpha value is -2.24. The molecule has 1 aromatic heterocycles. The van der Waals surface area contributed by atoms with Gasteiger partial charge in [-0.1, -0.05) is 13.2 Å². The first-order chi connectivity index (χ1) is 7.91.